The van der Waals surface area contributed by atoms with Crippen LogP contribution in [0.2, 0.25) is 0 Å². The highest BCUT2D eigenvalue weighted by Crippen LogP contribution is 2.21. The molecular weight excluding hydrogens is 214 g/mol. The molecule has 0 atom stereocenters. The van der Waals surface area contributed by atoms with Crippen LogP contribution in [-0.2, 0) is 0 Å². The van der Waals surface area contributed by atoms with Crippen molar-refractivity contribution in [1.29, 1.82) is 0 Å². The minimum absolute atomic E-state index is 0.174. The van der Waals surface area contributed by atoms with Crippen molar-refractivity contribution in [3.8, 4) is 5.75 Å². The molecule has 2 rings (SSSR count). The molecule has 1 aromatic carbocycles. The van der Waals surface area contributed by atoms with Crippen LogP contribution >= 0.6 is 0 Å². The molecule has 3 heteroatoms. The van der Waals surface area contributed by atoms with Gasteiger partial charge in [0.05, 0.1) is 6.61 Å². The Morgan fingerprint density at radius 2 is 2.18 bits per heavy atom. The number of Topliss-reactive ketones (excluding diaryl/α,β-unsaturated/α-hetero) is 1. The lowest BCUT2D eigenvalue weighted by Gasteiger charge is -2.21. The van der Waals surface area contributed by atoms with E-state index in [0.29, 0.717) is 6.61 Å². The number of ether oxygens (including phenoxy) is 1. The van der Waals surface area contributed by atoms with Crippen LogP contribution in [0, 0.1) is 5.92 Å². The molecule has 1 aromatic rings. The van der Waals surface area contributed by atoms with Crippen LogP contribution < -0.4 is 10.1 Å². The zero-order valence-electron chi connectivity index (χ0n) is 10.2. The van der Waals surface area contributed by atoms with Crippen molar-refractivity contribution in [2.24, 2.45) is 5.92 Å². The van der Waals surface area contributed by atoms with Gasteiger partial charge in [-0.1, -0.05) is 12.1 Å². The van der Waals surface area contributed by atoms with E-state index < -0.39 is 0 Å². The van der Waals surface area contributed by atoms with E-state index in [1.807, 2.05) is 31.2 Å². The molecule has 0 saturated carbocycles. The van der Waals surface area contributed by atoms with Gasteiger partial charge in [-0.3, -0.25) is 4.79 Å². The second-order valence-corrected chi connectivity index (χ2v) is 4.35. The van der Waals surface area contributed by atoms with Gasteiger partial charge in [-0.25, -0.2) is 0 Å². The molecule has 0 radical (unpaired) electrons. The average molecular weight is 233 g/mol. The summed E-state index contributed by atoms with van der Waals surface area (Å²) in [4.78, 5) is 12.3. The number of carbonyl (C=O) groups is 1. The summed E-state index contributed by atoms with van der Waals surface area (Å²) in [5, 5.41) is 3.28. The van der Waals surface area contributed by atoms with Crippen molar-refractivity contribution in [2.45, 2.75) is 19.8 Å². The minimum Gasteiger partial charge on any atom is -0.494 e. The molecule has 0 bridgehead atoms. The third kappa shape index (κ3) is 3.07. The number of nitrogens with one attached hydrogen (secondary N) is 1. The molecule has 0 amide bonds. The topological polar surface area (TPSA) is 38.3 Å². The van der Waals surface area contributed by atoms with Crippen LogP contribution in [0.4, 0.5) is 0 Å². The van der Waals surface area contributed by atoms with Crippen LogP contribution in [0.5, 0.6) is 5.75 Å². The number of piperidine rings is 1. The van der Waals surface area contributed by atoms with Crippen molar-refractivity contribution in [2.75, 3.05) is 19.7 Å². The van der Waals surface area contributed by atoms with Gasteiger partial charge < -0.3 is 10.1 Å². The Morgan fingerprint density at radius 3 is 2.88 bits per heavy atom. The van der Waals surface area contributed by atoms with Crippen molar-refractivity contribution in [3.63, 3.8) is 0 Å². The van der Waals surface area contributed by atoms with Gasteiger partial charge in [0.2, 0.25) is 0 Å². The zero-order valence-corrected chi connectivity index (χ0v) is 10.2. The molecular formula is C14H19NO2. The summed E-state index contributed by atoms with van der Waals surface area (Å²) in [6.45, 7) is 4.47. The van der Waals surface area contributed by atoms with E-state index in [1.54, 1.807) is 0 Å². The average Bonchev–Trinajstić information content (AvgIpc) is 2.40. The van der Waals surface area contributed by atoms with E-state index in [2.05, 4.69) is 5.32 Å². The lowest BCUT2D eigenvalue weighted by atomic mass is 9.89. The standard InChI is InChI=1S/C14H19NO2/c1-2-17-13-5-3-4-12(10-13)14(16)11-6-8-15-9-7-11/h3-5,10-11,15H,2,6-9H2,1H3. The van der Waals surface area contributed by atoms with Crippen molar-refractivity contribution < 1.29 is 9.53 Å². The van der Waals surface area contributed by atoms with Gasteiger partial charge in [0.25, 0.3) is 0 Å². The Labute approximate surface area is 102 Å². The maximum Gasteiger partial charge on any atom is 0.166 e. The molecule has 1 fully saturated rings. The first kappa shape index (κ1) is 12.1. The SMILES string of the molecule is CCOc1cccc(C(=O)C2CCNCC2)c1. The monoisotopic (exact) mass is 233 g/mol. The number of ketones is 1. The highest BCUT2D eigenvalue weighted by molar-refractivity contribution is 5.98. The number of rotatable bonds is 4. The lowest BCUT2D eigenvalue weighted by Crippen LogP contribution is -2.31. The number of hydrogen-bond acceptors (Lipinski definition) is 3. The summed E-state index contributed by atoms with van der Waals surface area (Å²) in [6, 6.07) is 7.52. The molecule has 1 aliphatic rings. The Bertz CT molecular complexity index is 384. The van der Waals surface area contributed by atoms with Gasteiger partial charge in [-0.15, -0.1) is 0 Å². The maximum absolute atomic E-state index is 12.3. The van der Waals surface area contributed by atoms with Gasteiger partial charge in [0, 0.05) is 11.5 Å². The minimum atomic E-state index is 0.174. The summed E-state index contributed by atoms with van der Waals surface area (Å²) in [7, 11) is 0. The van der Waals surface area contributed by atoms with E-state index in [0.717, 1.165) is 37.2 Å². The smallest absolute Gasteiger partial charge is 0.166 e. The normalized spacial score (nSPS) is 16.8. The molecule has 17 heavy (non-hydrogen) atoms. The van der Waals surface area contributed by atoms with E-state index >= 15 is 0 Å². The summed E-state index contributed by atoms with van der Waals surface area (Å²) >= 11 is 0. The van der Waals surface area contributed by atoms with Crippen molar-refractivity contribution >= 4 is 5.78 Å². The van der Waals surface area contributed by atoms with E-state index in [9.17, 15) is 4.79 Å². The van der Waals surface area contributed by atoms with Crippen molar-refractivity contribution in [1.82, 2.24) is 5.32 Å². The summed E-state index contributed by atoms with van der Waals surface area (Å²) in [6.07, 6.45) is 1.88. The fourth-order valence-corrected chi connectivity index (χ4v) is 2.23. The van der Waals surface area contributed by atoms with E-state index in [4.69, 9.17) is 4.74 Å². The third-order valence-corrected chi connectivity index (χ3v) is 3.14. The molecule has 0 unspecified atom stereocenters. The van der Waals surface area contributed by atoms with Crippen molar-refractivity contribution in [3.05, 3.63) is 29.8 Å². The lowest BCUT2D eigenvalue weighted by molar-refractivity contribution is 0.0894. The van der Waals surface area contributed by atoms with Gasteiger partial charge in [-0.2, -0.15) is 0 Å². The molecule has 92 valence electrons. The largest absolute Gasteiger partial charge is 0.494 e. The fourth-order valence-electron chi connectivity index (χ4n) is 2.23. The predicted octanol–water partition coefficient (Wildman–Crippen LogP) is 2.27. The zero-order chi connectivity index (χ0) is 12.1. The fraction of sp³-hybridized carbons (Fsp3) is 0.500. The number of benzene rings is 1. The van der Waals surface area contributed by atoms with E-state index in [1.165, 1.54) is 0 Å². The molecule has 3 nitrogen and oxygen atoms in total. The Balaban J connectivity index is 2.09. The van der Waals surface area contributed by atoms with Crippen LogP contribution in [0.25, 0.3) is 0 Å². The van der Waals surface area contributed by atoms with Crippen LogP contribution in [0.3, 0.4) is 0 Å². The molecule has 1 heterocycles. The molecule has 0 aromatic heterocycles. The van der Waals surface area contributed by atoms with Gasteiger partial charge in [-0.05, 0) is 45.0 Å². The maximum atomic E-state index is 12.3. The van der Waals surface area contributed by atoms with Gasteiger partial charge >= 0.3 is 0 Å². The van der Waals surface area contributed by atoms with Crippen LogP contribution in [0.1, 0.15) is 30.1 Å². The second kappa shape index (κ2) is 5.82. The van der Waals surface area contributed by atoms with Gasteiger partial charge in [0.1, 0.15) is 5.75 Å². The molecule has 1 N–H and O–H groups in total. The Kier molecular flexibility index (Phi) is 4.15. The number of carbonyl (C=O) groups excluding carboxylic acids is 1. The van der Waals surface area contributed by atoms with Crippen LogP contribution in [-0.4, -0.2) is 25.5 Å². The quantitative estimate of drug-likeness (QED) is 0.811. The first-order valence-electron chi connectivity index (χ1n) is 6.29. The summed E-state index contributed by atoms with van der Waals surface area (Å²) in [5.41, 5.74) is 0.780. The van der Waals surface area contributed by atoms with Crippen LogP contribution in [0.15, 0.2) is 24.3 Å². The Hall–Kier alpha value is -1.35. The first-order valence-corrected chi connectivity index (χ1v) is 6.29. The van der Waals surface area contributed by atoms with Gasteiger partial charge in [0.15, 0.2) is 5.78 Å². The molecule has 1 aliphatic heterocycles. The highest BCUT2D eigenvalue weighted by Gasteiger charge is 2.22. The Morgan fingerprint density at radius 1 is 1.41 bits per heavy atom. The molecule has 0 aliphatic carbocycles. The predicted molar refractivity (Wildman–Crippen MR) is 67.5 cm³/mol. The third-order valence-electron chi connectivity index (χ3n) is 3.14. The second-order valence-electron chi connectivity index (χ2n) is 4.35. The first-order chi connectivity index (χ1) is 8.31. The van der Waals surface area contributed by atoms with E-state index in [-0.39, 0.29) is 11.7 Å². The number of hydrogen-bond donors (Lipinski definition) is 1. The highest BCUT2D eigenvalue weighted by atomic mass is 16.5. The summed E-state index contributed by atoms with van der Waals surface area (Å²) in [5.74, 6) is 1.22. The summed E-state index contributed by atoms with van der Waals surface area (Å²) < 4.78 is 5.42. The molecule has 0 spiro atoms. The molecule has 1 saturated heterocycles.